The molecule has 90 valence electrons. The zero-order valence-electron chi connectivity index (χ0n) is 9.00. The zero-order chi connectivity index (χ0) is 12.2. The molecule has 0 saturated heterocycles. The second kappa shape index (κ2) is 5.87. The molecule has 3 N–H and O–H groups in total. The van der Waals surface area contributed by atoms with Crippen LogP contribution in [-0.2, 0) is 0 Å². The van der Waals surface area contributed by atoms with E-state index in [4.69, 9.17) is 21.8 Å². The number of aliphatic hydroxyl groups is 2. The molecule has 1 aromatic rings. The van der Waals surface area contributed by atoms with Gasteiger partial charge in [0.1, 0.15) is 0 Å². The lowest BCUT2D eigenvalue weighted by atomic mass is 9.93. The predicted molar refractivity (Wildman–Crippen MR) is 69.9 cm³/mol. The van der Waals surface area contributed by atoms with Gasteiger partial charge in [0, 0.05) is 22.1 Å². The van der Waals surface area contributed by atoms with Crippen LogP contribution in [0.2, 0.25) is 5.02 Å². The van der Waals surface area contributed by atoms with Gasteiger partial charge in [0.05, 0.1) is 18.2 Å². The summed E-state index contributed by atoms with van der Waals surface area (Å²) in [5.41, 5.74) is 0.371. The minimum Gasteiger partial charge on any atom is -0.396 e. The van der Waals surface area contributed by atoms with Gasteiger partial charge in [-0.2, -0.15) is 0 Å². The normalized spacial score (nSPS) is 11.6. The molecule has 0 unspecified atom stereocenters. The third-order valence-corrected chi connectivity index (χ3v) is 3.62. The van der Waals surface area contributed by atoms with Crippen LogP contribution in [0.15, 0.2) is 22.7 Å². The summed E-state index contributed by atoms with van der Waals surface area (Å²) in [5.74, 6) is 0. The quantitative estimate of drug-likeness (QED) is 0.783. The van der Waals surface area contributed by atoms with Crippen molar-refractivity contribution < 1.29 is 10.2 Å². The van der Waals surface area contributed by atoms with Gasteiger partial charge in [0.25, 0.3) is 0 Å². The molecule has 0 aliphatic heterocycles. The first-order valence-corrected chi connectivity index (χ1v) is 6.08. The summed E-state index contributed by atoms with van der Waals surface area (Å²) in [5, 5.41) is 22.1. The molecule has 0 aromatic heterocycles. The number of rotatable bonds is 5. The average Bonchev–Trinajstić information content (AvgIpc) is 2.30. The molecule has 0 heterocycles. The van der Waals surface area contributed by atoms with Crippen LogP contribution in [0.4, 0.5) is 5.69 Å². The van der Waals surface area contributed by atoms with E-state index in [2.05, 4.69) is 21.2 Å². The molecule has 0 aliphatic carbocycles. The Kier molecular flexibility index (Phi) is 5.05. The third-order valence-electron chi connectivity index (χ3n) is 2.40. The average molecular weight is 309 g/mol. The number of nitrogens with one attached hydrogen (secondary N) is 1. The topological polar surface area (TPSA) is 52.5 Å². The maximum Gasteiger partial charge on any atom is 0.0549 e. The van der Waals surface area contributed by atoms with E-state index in [-0.39, 0.29) is 13.2 Å². The number of hydrogen-bond acceptors (Lipinski definition) is 3. The molecular weight excluding hydrogens is 293 g/mol. The smallest absolute Gasteiger partial charge is 0.0549 e. The lowest BCUT2D eigenvalue weighted by Gasteiger charge is -2.25. The summed E-state index contributed by atoms with van der Waals surface area (Å²) < 4.78 is 0.814. The molecule has 0 radical (unpaired) electrons. The molecule has 1 aromatic carbocycles. The highest BCUT2D eigenvalue weighted by Gasteiger charge is 2.21. The summed E-state index contributed by atoms with van der Waals surface area (Å²) in [6.45, 7) is 2.18. The van der Waals surface area contributed by atoms with Gasteiger partial charge in [0.2, 0.25) is 0 Å². The molecule has 5 heteroatoms. The van der Waals surface area contributed by atoms with E-state index < -0.39 is 5.41 Å². The highest BCUT2D eigenvalue weighted by Crippen LogP contribution is 2.26. The number of anilines is 1. The van der Waals surface area contributed by atoms with E-state index in [9.17, 15) is 0 Å². The van der Waals surface area contributed by atoms with Gasteiger partial charge in [0.15, 0.2) is 0 Å². The highest BCUT2D eigenvalue weighted by atomic mass is 79.9. The van der Waals surface area contributed by atoms with Crippen molar-refractivity contribution >= 4 is 33.2 Å². The summed E-state index contributed by atoms with van der Waals surface area (Å²) in [7, 11) is 0. The molecule has 0 bridgehead atoms. The molecule has 0 saturated carbocycles. The van der Waals surface area contributed by atoms with Crippen molar-refractivity contribution in [2.24, 2.45) is 5.41 Å². The Morgan fingerprint density at radius 2 is 2.00 bits per heavy atom. The largest absolute Gasteiger partial charge is 0.396 e. The van der Waals surface area contributed by atoms with Gasteiger partial charge >= 0.3 is 0 Å². The fourth-order valence-electron chi connectivity index (χ4n) is 1.08. The molecule has 0 amide bonds. The van der Waals surface area contributed by atoms with Crippen molar-refractivity contribution in [3.8, 4) is 0 Å². The first-order valence-electron chi connectivity index (χ1n) is 4.91. The van der Waals surface area contributed by atoms with E-state index in [1.807, 2.05) is 19.1 Å². The predicted octanol–water partition coefficient (Wildman–Crippen LogP) is 2.51. The lowest BCUT2D eigenvalue weighted by molar-refractivity contribution is 0.0806. The second-order valence-electron chi connectivity index (χ2n) is 4.11. The van der Waals surface area contributed by atoms with Crippen molar-refractivity contribution in [2.45, 2.75) is 6.92 Å². The van der Waals surface area contributed by atoms with Crippen molar-refractivity contribution in [3.05, 3.63) is 27.7 Å². The molecule has 0 aliphatic rings. The van der Waals surface area contributed by atoms with E-state index in [0.717, 1.165) is 10.2 Å². The fraction of sp³-hybridized carbons (Fsp3) is 0.455. The van der Waals surface area contributed by atoms with Crippen LogP contribution >= 0.6 is 27.5 Å². The second-order valence-corrected chi connectivity index (χ2v) is 5.37. The summed E-state index contributed by atoms with van der Waals surface area (Å²) in [4.78, 5) is 0. The van der Waals surface area contributed by atoms with Gasteiger partial charge in [-0.25, -0.2) is 0 Å². The molecule has 0 atom stereocenters. The van der Waals surface area contributed by atoms with E-state index in [1.54, 1.807) is 6.07 Å². The molecular formula is C11H15BrClNO2. The van der Waals surface area contributed by atoms with E-state index in [1.165, 1.54) is 0 Å². The van der Waals surface area contributed by atoms with Crippen molar-refractivity contribution in [1.82, 2.24) is 0 Å². The van der Waals surface area contributed by atoms with Gasteiger partial charge in [-0.3, -0.25) is 0 Å². The van der Waals surface area contributed by atoms with E-state index >= 15 is 0 Å². The number of aliphatic hydroxyl groups excluding tert-OH is 2. The Balaban J connectivity index is 2.64. The van der Waals surface area contributed by atoms with Crippen LogP contribution in [0.25, 0.3) is 0 Å². The van der Waals surface area contributed by atoms with E-state index in [0.29, 0.717) is 11.6 Å². The number of benzene rings is 1. The Bertz CT molecular complexity index is 356. The SMILES string of the molecule is CC(CO)(CO)CNc1ccc(Cl)c(Br)c1. The van der Waals surface area contributed by atoms with Gasteiger partial charge < -0.3 is 15.5 Å². The van der Waals surface area contributed by atoms with Crippen LogP contribution in [-0.4, -0.2) is 30.0 Å². The Labute approximate surface area is 109 Å². The molecule has 0 fully saturated rings. The number of hydrogen-bond donors (Lipinski definition) is 3. The fourth-order valence-corrected chi connectivity index (χ4v) is 1.58. The monoisotopic (exact) mass is 307 g/mol. The Morgan fingerprint density at radius 3 is 2.50 bits per heavy atom. The molecule has 1 rings (SSSR count). The van der Waals surface area contributed by atoms with Gasteiger partial charge in [-0.15, -0.1) is 0 Å². The molecule has 16 heavy (non-hydrogen) atoms. The Morgan fingerprint density at radius 1 is 1.38 bits per heavy atom. The van der Waals surface area contributed by atoms with Crippen LogP contribution in [0.3, 0.4) is 0 Å². The van der Waals surface area contributed by atoms with Crippen LogP contribution < -0.4 is 5.32 Å². The van der Waals surface area contributed by atoms with Crippen molar-refractivity contribution in [2.75, 3.05) is 25.1 Å². The molecule has 3 nitrogen and oxygen atoms in total. The van der Waals surface area contributed by atoms with Gasteiger partial charge in [-0.1, -0.05) is 18.5 Å². The van der Waals surface area contributed by atoms with Gasteiger partial charge in [-0.05, 0) is 34.1 Å². The first-order chi connectivity index (χ1) is 7.50. The summed E-state index contributed by atoms with van der Waals surface area (Å²) in [6.07, 6.45) is 0. The lowest BCUT2D eigenvalue weighted by Crippen LogP contribution is -2.33. The summed E-state index contributed by atoms with van der Waals surface area (Å²) >= 11 is 9.20. The zero-order valence-corrected chi connectivity index (χ0v) is 11.3. The standard InChI is InChI=1S/C11H15BrClNO2/c1-11(6-15,7-16)5-14-8-2-3-10(13)9(12)4-8/h2-4,14-16H,5-7H2,1H3. The third kappa shape index (κ3) is 3.63. The minimum atomic E-state index is -0.522. The minimum absolute atomic E-state index is 0.0642. The first kappa shape index (κ1) is 13.8. The molecule has 0 spiro atoms. The Hall–Kier alpha value is -0.290. The number of halogens is 2. The maximum atomic E-state index is 9.13. The highest BCUT2D eigenvalue weighted by molar-refractivity contribution is 9.10. The van der Waals surface area contributed by atoms with Crippen LogP contribution in [0.5, 0.6) is 0 Å². The van der Waals surface area contributed by atoms with Crippen molar-refractivity contribution in [3.63, 3.8) is 0 Å². The van der Waals surface area contributed by atoms with Crippen molar-refractivity contribution in [1.29, 1.82) is 0 Å². The van der Waals surface area contributed by atoms with Crippen LogP contribution in [0.1, 0.15) is 6.92 Å². The van der Waals surface area contributed by atoms with Crippen LogP contribution in [0, 0.1) is 5.41 Å². The maximum absolute atomic E-state index is 9.13. The summed E-state index contributed by atoms with van der Waals surface area (Å²) in [6, 6.07) is 5.49.